The van der Waals surface area contributed by atoms with E-state index in [1.54, 1.807) is 29.3 Å². The Balaban J connectivity index is 1.31. The van der Waals surface area contributed by atoms with E-state index >= 15 is 0 Å². The molecule has 0 radical (unpaired) electrons. The van der Waals surface area contributed by atoms with Crippen LogP contribution in [-0.4, -0.2) is 74.2 Å². The fraction of sp³-hybridized carbons (Fsp3) is 0.536. The predicted octanol–water partition coefficient (Wildman–Crippen LogP) is 2.92. The van der Waals surface area contributed by atoms with Crippen LogP contribution in [0.2, 0.25) is 0 Å². The van der Waals surface area contributed by atoms with Gasteiger partial charge in [0.15, 0.2) is 17.1 Å². The highest BCUT2D eigenvalue weighted by atomic mass is 32.2. The summed E-state index contributed by atoms with van der Waals surface area (Å²) in [6.07, 6.45) is -2.56. The third-order valence-corrected chi connectivity index (χ3v) is 9.57. The zero-order chi connectivity index (χ0) is 31.8. The van der Waals surface area contributed by atoms with Crippen LogP contribution in [0, 0.1) is 5.92 Å². The highest BCUT2D eigenvalue weighted by Gasteiger charge is 2.54. The van der Waals surface area contributed by atoms with E-state index in [1.165, 1.54) is 4.52 Å². The molecule has 1 aromatic carbocycles. The maximum absolute atomic E-state index is 13.4. The second-order valence-electron chi connectivity index (χ2n) is 12.2. The van der Waals surface area contributed by atoms with Crippen molar-refractivity contribution in [1.82, 2.24) is 24.8 Å². The van der Waals surface area contributed by atoms with Gasteiger partial charge in [-0.05, 0) is 75.1 Å². The molecule has 2 saturated carbocycles. The summed E-state index contributed by atoms with van der Waals surface area (Å²) in [6, 6.07) is 4.45. The second-order valence-corrected chi connectivity index (χ2v) is 13.9. The van der Waals surface area contributed by atoms with E-state index in [0.29, 0.717) is 34.8 Å². The van der Waals surface area contributed by atoms with E-state index in [-0.39, 0.29) is 47.5 Å². The lowest BCUT2D eigenvalue weighted by molar-refractivity contribution is -0.271. The maximum atomic E-state index is 13.4. The molecule has 238 valence electrons. The first-order chi connectivity index (χ1) is 20.5. The largest absolute Gasteiger partial charge is 0.417 e. The molecule has 1 aliphatic heterocycles. The van der Waals surface area contributed by atoms with Crippen LogP contribution in [0.1, 0.15) is 73.2 Å². The van der Waals surface area contributed by atoms with Gasteiger partial charge in [-0.2, -0.15) is 13.2 Å². The molecule has 44 heavy (non-hydrogen) atoms. The van der Waals surface area contributed by atoms with Crippen LogP contribution < -0.4 is 15.8 Å². The number of nitrogens with zero attached hydrogens (tertiary/aromatic N) is 4. The third kappa shape index (κ3) is 5.59. The second kappa shape index (κ2) is 10.6. The van der Waals surface area contributed by atoms with Gasteiger partial charge in [0.05, 0.1) is 28.8 Å². The van der Waals surface area contributed by atoms with Crippen LogP contribution >= 0.6 is 0 Å². The minimum absolute atomic E-state index is 0.0108. The summed E-state index contributed by atoms with van der Waals surface area (Å²) < 4.78 is 68.0. The standard InChI is InChI=1S/C28H34F3N7O5S/c1-14(15-3-4-15)37-13-17-11-16(12-20(21(17)26(37)40)36-44(2,42)43)19-7-10-38-24(34-19)22(23(32)35-38)25(39)33-18-5-8-27(41,9-6-18)28(29,30)31/h7,10-12,14-15,18,25,33,36,39,41H,3-6,8-9,13H2,1-2H3,(H2,32,35)/t14-,18?,25?,27?/m0/s1. The molecule has 0 bridgehead atoms. The van der Waals surface area contributed by atoms with Gasteiger partial charge in [-0.1, -0.05) is 0 Å². The Bertz CT molecular complexity index is 1730. The number of rotatable bonds is 8. The number of fused-ring (bicyclic) bond motifs is 2. The molecule has 1 amide bonds. The zero-order valence-electron chi connectivity index (χ0n) is 24.1. The number of halogens is 3. The van der Waals surface area contributed by atoms with E-state index < -0.39 is 46.9 Å². The summed E-state index contributed by atoms with van der Waals surface area (Å²) in [7, 11) is -3.73. The van der Waals surface area contributed by atoms with Crippen molar-refractivity contribution in [2.75, 3.05) is 16.7 Å². The summed E-state index contributed by atoms with van der Waals surface area (Å²) in [5.74, 6) is 0.135. The number of alkyl halides is 3. The fourth-order valence-corrected chi connectivity index (χ4v) is 6.87. The number of carbonyl (C=O) groups is 1. The number of nitrogen functional groups attached to an aromatic ring is 1. The maximum Gasteiger partial charge on any atom is 0.417 e. The SMILES string of the molecule is C[C@@H](C1CC1)N1Cc2cc(-c3ccn4nc(N)c(C(O)NC5CCC(O)(C(F)(F)F)CC5)c4n3)cc(NS(C)(=O)=O)c2C1=O. The molecule has 6 rings (SSSR count). The summed E-state index contributed by atoms with van der Waals surface area (Å²) in [5.41, 5.74) is 5.66. The highest BCUT2D eigenvalue weighted by Crippen LogP contribution is 2.43. The lowest BCUT2D eigenvalue weighted by atomic mass is 9.81. The number of nitrogens with one attached hydrogen (secondary N) is 2. The van der Waals surface area contributed by atoms with Gasteiger partial charge < -0.3 is 20.8 Å². The van der Waals surface area contributed by atoms with Gasteiger partial charge in [-0.25, -0.2) is 17.9 Å². The molecule has 2 fully saturated rings. The van der Waals surface area contributed by atoms with Gasteiger partial charge >= 0.3 is 6.18 Å². The average molecular weight is 638 g/mol. The quantitative estimate of drug-likeness (QED) is 0.233. The van der Waals surface area contributed by atoms with E-state index in [9.17, 15) is 36.6 Å². The number of aromatic nitrogens is 3. The van der Waals surface area contributed by atoms with Gasteiger partial charge in [-0.3, -0.25) is 14.8 Å². The van der Waals surface area contributed by atoms with Crippen LogP contribution in [0.3, 0.4) is 0 Å². The molecule has 6 N–H and O–H groups in total. The number of aliphatic hydroxyl groups excluding tert-OH is 1. The summed E-state index contributed by atoms with van der Waals surface area (Å²) >= 11 is 0. The predicted molar refractivity (Wildman–Crippen MR) is 155 cm³/mol. The monoisotopic (exact) mass is 637 g/mol. The summed E-state index contributed by atoms with van der Waals surface area (Å²) in [5, 5.41) is 28.1. The summed E-state index contributed by atoms with van der Waals surface area (Å²) in [4.78, 5) is 19.8. The Labute approximate surface area is 251 Å². The normalized spacial score (nSPS) is 24.0. The Morgan fingerprint density at radius 3 is 2.48 bits per heavy atom. The lowest BCUT2D eigenvalue weighted by Gasteiger charge is -2.38. The molecule has 16 heteroatoms. The van der Waals surface area contributed by atoms with E-state index in [2.05, 4.69) is 20.1 Å². The van der Waals surface area contributed by atoms with Gasteiger partial charge in [-0.15, -0.1) is 5.10 Å². The molecule has 2 aliphatic carbocycles. The van der Waals surface area contributed by atoms with E-state index in [1.807, 2.05) is 6.92 Å². The molecule has 0 spiro atoms. The van der Waals surface area contributed by atoms with Gasteiger partial charge in [0, 0.05) is 30.4 Å². The minimum atomic E-state index is -4.74. The molecule has 2 aromatic heterocycles. The molecule has 12 nitrogen and oxygen atoms in total. The molecular weight excluding hydrogens is 603 g/mol. The first-order valence-corrected chi connectivity index (χ1v) is 16.3. The Hall–Kier alpha value is -3.47. The number of benzene rings is 1. The third-order valence-electron chi connectivity index (χ3n) is 8.98. The number of carbonyl (C=O) groups excluding carboxylic acids is 1. The molecule has 0 saturated heterocycles. The van der Waals surface area contributed by atoms with Crippen molar-refractivity contribution in [2.24, 2.45) is 5.92 Å². The highest BCUT2D eigenvalue weighted by molar-refractivity contribution is 7.92. The number of aliphatic hydroxyl groups is 2. The van der Waals surface area contributed by atoms with Crippen molar-refractivity contribution < 1.29 is 36.6 Å². The molecule has 1 unspecified atom stereocenters. The number of sulfonamides is 1. The van der Waals surface area contributed by atoms with Crippen LogP contribution in [0.5, 0.6) is 0 Å². The van der Waals surface area contributed by atoms with Gasteiger partial charge in [0.2, 0.25) is 10.0 Å². The van der Waals surface area contributed by atoms with E-state index in [4.69, 9.17) is 5.73 Å². The first-order valence-electron chi connectivity index (χ1n) is 14.4. The van der Waals surface area contributed by atoms with Gasteiger partial charge in [0.1, 0.15) is 6.23 Å². The zero-order valence-corrected chi connectivity index (χ0v) is 24.9. The number of hydrogen-bond donors (Lipinski definition) is 5. The van der Waals surface area contributed by atoms with Crippen molar-refractivity contribution in [2.45, 2.75) is 82.1 Å². The number of amides is 1. The van der Waals surface area contributed by atoms with Crippen LogP contribution in [0.25, 0.3) is 16.9 Å². The topological polar surface area (TPSA) is 175 Å². The van der Waals surface area contributed by atoms with Crippen molar-refractivity contribution in [1.29, 1.82) is 0 Å². The van der Waals surface area contributed by atoms with Crippen molar-refractivity contribution >= 4 is 33.1 Å². The molecule has 3 aromatic rings. The summed E-state index contributed by atoms with van der Waals surface area (Å²) in [6.45, 7) is 2.31. The van der Waals surface area contributed by atoms with Crippen LogP contribution in [0.15, 0.2) is 24.4 Å². The molecule has 3 heterocycles. The molecular formula is C28H34F3N7O5S. The Morgan fingerprint density at radius 2 is 1.86 bits per heavy atom. The Morgan fingerprint density at radius 1 is 1.18 bits per heavy atom. The smallest absolute Gasteiger partial charge is 0.382 e. The Kier molecular flexibility index (Phi) is 7.34. The number of anilines is 2. The van der Waals surface area contributed by atoms with Crippen molar-refractivity contribution in [3.63, 3.8) is 0 Å². The molecule has 3 aliphatic rings. The van der Waals surface area contributed by atoms with Gasteiger partial charge in [0.25, 0.3) is 5.91 Å². The minimum Gasteiger partial charge on any atom is -0.382 e. The van der Waals surface area contributed by atoms with Crippen molar-refractivity contribution in [3.05, 3.63) is 41.1 Å². The number of hydrogen-bond acceptors (Lipinski definition) is 9. The first kappa shape index (κ1) is 30.6. The number of nitrogens with two attached hydrogens (primary N) is 1. The lowest BCUT2D eigenvalue weighted by Crippen LogP contribution is -2.51. The fourth-order valence-electron chi connectivity index (χ4n) is 6.31. The van der Waals surface area contributed by atoms with Crippen LogP contribution in [-0.2, 0) is 16.6 Å². The van der Waals surface area contributed by atoms with Crippen molar-refractivity contribution in [3.8, 4) is 11.3 Å². The van der Waals surface area contributed by atoms with Crippen LogP contribution in [0.4, 0.5) is 24.7 Å². The average Bonchev–Trinajstić information content (AvgIpc) is 3.65. The van der Waals surface area contributed by atoms with E-state index in [0.717, 1.165) is 19.1 Å². The molecule has 2 atom stereocenters.